The van der Waals surface area contributed by atoms with Crippen LogP contribution >= 0.6 is 0 Å². The molecule has 0 radical (unpaired) electrons. The lowest BCUT2D eigenvalue weighted by atomic mass is 10.0. The molecular formula is C132H81N15O3. The largest absolute Gasteiger partial charge is 0.456 e. The van der Waals surface area contributed by atoms with E-state index in [9.17, 15) is 0 Å². The Bertz CT molecular complexity index is 10300. The number of aromatic nitrogens is 15. The lowest BCUT2D eigenvalue weighted by Gasteiger charge is -2.13. The lowest BCUT2D eigenvalue weighted by Crippen LogP contribution is -2.05. The highest BCUT2D eigenvalue weighted by Gasteiger charge is 2.26. The molecule has 0 saturated heterocycles. The van der Waals surface area contributed by atoms with Gasteiger partial charge in [0.25, 0.3) is 0 Å². The maximum Gasteiger partial charge on any atom is 0.167 e. The van der Waals surface area contributed by atoms with Gasteiger partial charge in [-0.05, 0) is 179 Å². The fourth-order valence-electron chi connectivity index (χ4n) is 20.8. The monoisotopic (exact) mass is 1920 g/mol. The number of hydrogen-bond donors (Lipinski definition) is 0. The van der Waals surface area contributed by atoms with Crippen LogP contribution in [-0.4, -0.2) is 73.5 Å². The second-order valence-electron chi connectivity index (χ2n) is 37.0. The molecule has 0 aliphatic carbocycles. The van der Waals surface area contributed by atoms with Crippen LogP contribution in [0.2, 0.25) is 0 Å². The van der Waals surface area contributed by atoms with Crippen LogP contribution in [0.4, 0.5) is 0 Å². The maximum atomic E-state index is 6.11. The minimum absolute atomic E-state index is 0.559. The Morgan fingerprint density at radius 2 is 0.420 bits per heavy atom. The van der Waals surface area contributed by atoms with E-state index in [1.165, 1.54) is 10.8 Å². The maximum absolute atomic E-state index is 6.11. The molecule has 0 saturated carbocycles. The van der Waals surface area contributed by atoms with Gasteiger partial charge in [0, 0.05) is 128 Å². The van der Waals surface area contributed by atoms with Crippen molar-refractivity contribution < 1.29 is 13.3 Å². The van der Waals surface area contributed by atoms with Crippen LogP contribution in [0.5, 0.6) is 0 Å². The molecule has 30 rings (SSSR count). The van der Waals surface area contributed by atoms with Gasteiger partial charge in [-0.2, -0.15) is 0 Å². The average Bonchev–Trinajstić information content (AvgIpc) is 1.59. The van der Waals surface area contributed by atoms with E-state index in [0.717, 1.165) is 221 Å². The van der Waals surface area contributed by atoms with Crippen LogP contribution in [0.1, 0.15) is 0 Å². The first kappa shape index (κ1) is 87.1. The zero-order valence-corrected chi connectivity index (χ0v) is 80.2. The smallest absolute Gasteiger partial charge is 0.167 e. The Hall–Kier alpha value is -20.8. The van der Waals surface area contributed by atoms with E-state index in [1.807, 2.05) is 267 Å². The molecule has 18 aromatic carbocycles. The van der Waals surface area contributed by atoms with E-state index in [2.05, 4.69) is 238 Å². The highest BCUT2D eigenvalue weighted by atomic mass is 16.3. The molecular weight excluding hydrogens is 1840 g/mol. The van der Waals surface area contributed by atoms with Gasteiger partial charge < -0.3 is 13.3 Å². The molecule has 0 N–H and O–H groups in total. The quantitative estimate of drug-likeness (QED) is 0.0935. The highest BCUT2D eigenvalue weighted by Crippen LogP contribution is 2.45. The van der Waals surface area contributed by atoms with Crippen molar-refractivity contribution in [2.75, 3.05) is 0 Å². The van der Waals surface area contributed by atoms with Gasteiger partial charge in [0.1, 0.15) is 51.0 Å². The number of nitrogens with zero attached hydrogens (tertiary/aromatic N) is 15. The molecule has 0 fully saturated rings. The summed E-state index contributed by atoms with van der Waals surface area (Å²) >= 11 is 0. The number of para-hydroxylation sites is 6. The zero-order chi connectivity index (χ0) is 99.1. The normalized spacial score (nSPS) is 11.6. The molecule has 18 heteroatoms. The third-order valence-electron chi connectivity index (χ3n) is 28.0. The Morgan fingerprint density at radius 3 is 0.780 bits per heavy atom. The molecule has 0 atom stereocenters. The summed E-state index contributed by atoms with van der Waals surface area (Å²) in [4.78, 5) is 59.3. The fraction of sp³-hybridized carbons (Fsp3) is 0. The second kappa shape index (κ2) is 36.9. The minimum Gasteiger partial charge on any atom is -0.456 e. The highest BCUT2D eigenvalue weighted by molar-refractivity contribution is 6.16. The summed E-state index contributed by atoms with van der Waals surface area (Å²) < 4.78 is 25.0. The summed E-state index contributed by atoms with van der Waals surface area (Å²) in [6.45, 7) is 0. The van der Waals surface area contributed by atoms with Gasteiger partial charge >= 0.3 is 0 Å². The van der Waals surface area contributed by atoms with Gasteiger partial charge in [0.15, 0.2) is 52.4 Å². The number of fused-ring (bicyclic) bond motifs is 18. The molecule has 30 aromatic rings. The van der Waals surface area contributed by atoms with E-state index >= 15 is 0 Å². The molecule has 12 aromatic heterocycles. The molecule has 0 bridgehead atoms. The van der Waals surface area contributed by atoms with Crippen LogP contribution in [0, 0.1) is 0 Å². The molecule has 18 nitrogen and oxygen atoms in total. The number of pyridine rings is 3. The molecule has 0 aliphatic heterocycles. The average molecular weight is 1930 g/mol. The molecule has 0 aliphatic rings. The van der Waals surface area contributed by atoms with E-state index in [4.69, 9.17) is 73.1 Å². The summed E-state index contributed by atoms with van der Waals surface area (Å²) in [7, 11) is 0. The van der Waals surface area contributed by atoms with Gasteiger partial charge in [-0.25, -0.2) is 59.8 Å². The summed E-state index contributed by atoms with van der Waals surface area (Å²) in [5.41, 5.74) is 26.7. The minimum atomic E-state index is 0.559. The Kier molecular flexibility index (Phi) is 21.4. The number of hydrogen-bond acceptors (Lipinski definition) is 15. The summed E-state index contributed by atoms with van der Waals surface area (Å²) in [6.07, 6.45) is 5.52. The predicted octanol–water partition coefficient (Wildman–Crippen LogP) is 32.8. The first-order chi connectivity index (χ1) is 74.3. The number of benzene rings is 18. The SMILES string of the molecule is c1ccc(-c2nc(-c3ccccc3)nc(-c3ccc(-n4c5ccccc5c5cc(-c6ccc7oc8ccccc8c7c6)ccc54)nc3)n2)cc1.c1ccc(-c2nc(-c3ccccc3)nc(-c3cccnc3-n3c4ccccc4c4cc(-c5ccc6oc7ccccc7c6c5)ccc43)n2)cc1.c1ccc(-c2nc(-c3ccccc3)nc(-c3ccnc(-n4c5ccccc5c5cc(-c6ccc7oc8ccccc8c7c6)ccc54)c3)n2)cc1. The van der Waals surface area contributed by atoms with Crippen molar-refractivity contribution in [2.45, 2.75) is 0 Å². The van der Waals surface area contributed by atoms with Crippen LogP contribution in [0.3, 0.4) is 0 Å². The number of furan rings is 3. The predicted molar refractivity (Wildman–Crippen MR) is 603 cm³/mol. The Morgan fingerprint density at radius 1 is 0.147 bits per heavy atom. The van der Waals surface area contributed by atoms with Gasteiger partial charge in [-0.3, -0.25) is 13.7 Å². The van der Waals surface area contributed by atoms with Crippen LogP contribution in [-0.2, 0) is 0 Å². The molecule has 0 amide bonds. The van der Waals surface area contributed by atoms with Gasteiger partial charge in [0.05, 0.1) is 38.7 Å². The molecule has 0 spiro atoms. The standard InChI is InChI=1S/3C44H27N5O/c1-3-12-28(13-4-1)41-46-42(29-14-5-2-6-15-29)48-43(47-41)34-18-11-25-45-44(34)49-37-19-9-7-16-32(37)35-26-30(21-23-38(35)49)31-22-24-40-36(27-31)33-17-8-10-20-39(33)50-40;1-3-11-28(12-4-1)42-46-43(29-13-5-2-6-14-29)48-44(47-42)32-21-24-41(45-27-32)49-37-17-9-7-15-33(37)35-25-30(19-22-38(35)49)31-20-23-40-36(26-31)34-16-8-10-18-39(34)50-40;1-3-11-28(12-4-1)42-46-43(29-13-5-2-6-14-29)48-44(47-42)32-23-24-45-41(27-32)49-37-17-9-7-15-33(37)35-25-30(19-21-38(35)49)31-20-22-40-36(26-31)34-16-8-10-18-39(34)50-40/h3*1-27H. The van der Waals surface area contributed by atoms with Crippen molar-refractivity contribution in [3.05, 3.63) is 492 Å². The van der Waals surface area contributed by atoms with Crippen molar-refractivity contribution in [3.8, 4) is 153 Å². The van der Waals surface area contributed by atoms with E-state index < -0.39 is 0 Å². The van der Waals surface area contributed by atoms with E-state index in [0.29, 0.717) is 52.4 Å². The van der Waals surface area contributed by atoms with Gasteiger partial charge in [-0.15, -0.1) is 0 Å². The first-order valence-corrected chi connectivity index (χ1v) is 49.7. The van der Waals surface area contributed by atoms with Gasteiger partial charge in [-0.1, -0.05) is 328 Å². The van der Waals surface area contributed by atoms with Crippen LogP contribution in [0.15, 0.2) is 505 Å². The molecule has 150 heavy (non-hydrogen) atoms. The molecule has 0 unspecified atom stereocenters. The summed E-state index contributed by atoms with van der Waals surface area (Å²) in [6, 6.07) is 162. The zero-order valence-electron chi connectivity index (χ0n) is 80.2. The van der Waals surface area contributed by atoms with Crippen molar-refractivity contribution in [1.29, 1.82) is 0 Å². The van der Waals surface area contributed by atoms with E-state index in [-0.39, 0.29) is 0 Å². The molecule has 12 heterocycles. The van der Waals surface area contributed by atoms with Crippen molar-refractivity contribution in [2.24, 2.45) is 0 Å². The van der Waals surface area contributed by atoms with E-state index in [1.54, 1.807) is 0 Å². The van der Waals surface area contributed by atoms with Gasteiger partial charge in [0.2, 0.25) is 0 Å². The third-order valence-corrected chi connectivity index (χ3v) is 28.0. The lowest BCUT2D eigenvalue weighted by molar-refractivity contribution is 0.668. The van der Waals surface area contributed by atoms with Crippen molar-refractivity contribution in [3.63, 3.8) is 0 Å². The Balaban J connectivity index is 0.000000108. The molecule has 702 valence electrons. The number of rotatable bonds is 15. The van der Waals surface area contributed by atoms with Crippen molar-refractivity contribution in [1.82, 2.24) is 73.5 Å². The van der Waals surface area contributed by atoms with Crippen LogP contribution < -0.4 is 0 Å². The first-order valence-electron chi connectivity index (χ1n) is 49.7. The third kappa shape index (κ3) is 15.8. The fourth-order valence-corrected chi connectivity index (χ4v) is 20.8. The summed E-state index contributed by atoms with van der Waals surface area (Å²) in [5, 5.41) is 13.6. The summed E-state index contributed by atoms with van der Waals surface area (Å²) in [5.74, 6) is 7.79. The van der Waals surface area contributed by atoms with Crippen molar-refractivity contribution >= 4 is 131 Å². The van der Waals surface area contributed by atoms with Crippen LogP contribution in [0.25, 0.3) is 285 Å². The Labute approximate surface area is 857 Å². The second-order valence-corrected chi connectivity index (χ2v) is 37.0. The topological polar surface area (TPSA) is 209 Å².